The van der Waals surface area contributed by atoms with E-state index in [0.29, 0.717) is 29.4 Å². The number of hydrogen-bond donors (Lipinski definition) is 2. The van der Waals surface area contributed by atoms with Crippen molar-refractivity contribution in [2.24, 2.45) is 0 Å². The molecule has 6 nitrogen and oxygen atoms in total. The van der Waals surface area contributed by atoms with Gasteiger partial charge < -0.3 is 15.2 Å². The first-order valence-corrected chi connectivity index (χ1v) is 9.66. The molecule has 144 valence electrons. The van der Waals surface area contributed by atoms with Gasteiger partial charge in [0.2, 0.25) is 0 Å². The van der Waals surface area contributed by atoms with E-state index in [0.717, 1.165) is 13.0 Å². The molecule has 0 spiro atoms. The van der Waals surface area contributed by atoms with Crippen molar-refractivity contribution in [1.29, 1.82) is 0 Å². The molecule has 1 unspecified atom stereocenters. The average molecular weight is 376 g/mol. The van der Waals surface area contributed by atoms with Crippen LogP contribution in [-0.2, 0) is 6.42 Å². The van der Waals surface area contributed by atoms with Crippen molar-refractivity contribution in [2.45, 2.75) is 32.2 Å². The molecule has 1 amide bonds. The lowest BCUT2D eigenvalue weighted by molar-refractivity contribution is 0.0949. The highest BCUT2D eigenvalue weighted by Gasteiger charge is 2.22. The molecule has 0 saturated carbocycles. The maximum atomic E-state index is 12.9. The van der Waals surface area contributed by atoms with Gasteiger partial charge in [0.25, 0.3) is 11.8 Å². The van der Waals surface area contributed by atoms with Crippen LogP contribution in [0.25, 0.3) is 11.5 Å². The van der Waals surface area contributed by atoms with Crippen LogP contribution < -0.4 is 10.6 Å². The molecule has 0 fully saturated rings. The summed E-state index contributed by atoms with van der Waals surface area (Å²) in [7, 11) is 0. The molecule has 2 N–H and O–H groups in total. The van der Waals surface area contributed by atoms with E-state index in [1.54, 1.807) is 6.07 Å². The summed E-state index contributed by atoms with van der Waals surface area (Å²) in [5, 5.41) is 10.6. The molecule has 4 rings (SSSR count). The highest BCUT2D eigenvalue weighted by atomic mass is 16.5. The second-order valence-electron chi connectivity index (χ2n) is 7.32. The lowest BCUT2D eigenvalue weighted by Gasteiger charge is -2.27. The fourth-order valence-electron chi connectivity index (χ4n) is 3.51. The van der Waals surface area contributed by atoms with Crippen molar-refractivity contribution in [3.8, 4) is 11.5 Å². The van der Waals surface area contributed by atoms with Gasteiger partial charge in [0.1, 0.15) is 0 Å². The van der Waals surface area contributed by atoms with Crippen LogP contribution in [0.5, 0.6) is 0 Å². The number of amides is 1. The summed E-state index contributed by atoms with van der Waals surface area (Å²) in [4.78, 5) is 17.3. The standard InChI is InChI=1S/C22H24N4O2/c1-14(2)20-25-22(28-26-20)18-10-6-5-9-17(18)21(27)24-13-19-16-8-4-3-7-15(16)11-12-23-19/h3-10,14,19,23H,11-13H2,1-2H3,(H,24,27). The molecule has 2 aromatic carbocycles. The van der Waals surface area contributed by atoms with Crippen LogP contribution >= 0.6 is 0 Å². The zero-order valence-corrected chi connectivity index (χ0v) is 16.1. The maximum Gasteiger partial charge on any atom is 0.258 e. The Morgan fingerprint density at radius 2 is 2.00 bits per heavy atom. The first-order chi connectivity index (χ1) is 13.6. The van der Waals surface area contributed by atoms with E-state index >= 15 is 0 Å². The third kappa shape index (κ3) is 3.68. The lowest BCUT2D eigenvalue weighted by Crippen LogP contribution is -2.39. The molecule has 3 aromatic rings. The van der Waals surface area contributed by atoms with E-state index in [1.165, 1.54) is 11.1 Å². The van der Waals surface area contributed by atoms with Crippen LogP contribution in [0.4, 0.5) is 0 Å². The SMILES string of the molecule is CC(C)c1noc(-c2ccccc2C(=O)NCC2NCCc3ccccc32)n1. The monoisotopic (exact) mass is 376 g/mol. The fraction of sp³-hybridized carbons (Fsp3) is 0.318. The Kier molecular flexibility index (Phi) is 5.21. The molecule has 1 aliphatic heterocycles. The zero-order valence-electron chi connectivity index (χ0n) is 16.1. The molecule has 1 aliphatic rings. The number of fused-ring (bicyclic) bond motifs is 1. The number of aromatic nitrogens is 2. The number of hydrogen-bond acceptors (Lipinski definition) is 5. The summed E-state index contributed by atoms with van der Waals surface area (Å²) in [6, 6.07) is 15.8. The Balaban J connectivity index is 1.52. The first kappa shape index (κ1) is 18.4. The molecule has 28 heavy (non-hydrogen) atoms. The zero-order chi connectivity index (χ0) is 19.5. The molecular weight excluding hydrogens is 352 g/mol. The van der Waals surface area contributed by atoms with Gasteiger partial charge in [-0.2, -0.15) is 4.98 Å². The Morgan fingerprint density at radius 1 is 1.21 bits per heavy atom. The van der Waals surface area contributed by atoms with E-state index in [4.69, 9.17) is 4.52 Å². The normalized spacial score (nSPS) is 16.0. The van der Waals surface area contributed by atoms with Gasteiger partial charge in [-0.1, -0.05) is 55.4 Å². The molecule has 0 radical (unpaired) electrons. The van der Waals surface area contributed by atoms with Crippen molar-refractivity contribution in [3.05, 3.63) is 71.0 Å². The Bertz CT molecular complexity index is 980. The Labute approximate surface area is 164 Å². The van der Waals surface area contributed by atoms with Crippen LogP contribution in [0.15, 0.2) is 53.1 Å². The second kappa shape index (κ2) is 7.94. The predicted molar refractivity (Wildman–Crippen MR) is 107 cm³/mol. The number of benzene rings is 2. The molecule has 0 bridgehead atoms. The van der Waals surface area contributed by atoms with Crippen LogP contribution in [0.1, 0.15) is 53.1 Å². The number of nitrogens with zero attached hydrogens (tertiary/aromatic N) is 2. The molecule has 1 atom stereocenters. The van der Waals surface area contributed by atoms with Gasteiger partial charge in [0, 0.05) is 18.5 Å². The van der Waals surface area contributed by atoms with E-state index < -0.39 is 0 Å². The van der Waals surface area contributed by atoms with Gasteiger partial charge in [0.15, 0.2) is 5.82 Å². The molecule has 1 aromatic heterocycles. The van der Waals surface area contributed by atoms with Gasteiger partial charge in [-0.05, 0) is 36.2 Å². The van der Waals surface area contributed by atoms with E-state index in [2.05, 4.69) is 39.0 Å². The first-order valence-electron chi connectivity index (χ1n) is 9.66. The molecule has 0 aliphatic carbocycles. The summed E-state index contributed by atoms with van der Waals surface area (Å²) in [6.07, 6.45) is 1.01. The highest BCUT2D eigenvalue weighted by Crippen LogP contribution is 2.25. The van der Waals surface area contributed by atoms with E-state index in [1.807, 2.05) is 38.1 Å². The van der Waals surface area contributed by atoms with Gasteiger partial charge in [-0.25, -0.2) is 0 Å². The highest BCUT2D eigenvalue weighted by molar-refractivity contribution is 5.99. The number of carbonyl (C=O) groups is 1. The van der Waals surface area contributed by atoms with Crippen LogP contribution in [-0.4, -0.2) is 29.1 Å². The van der Waals surface area contributed by atoms with E-state index in [-0.39, 0.29) is 17.9 Å². The number of carbonyl (C=O) groups excluding carboxylic acids is 1. The third-order valence-corrected chi connectivity index (χ3v) is 5.04. The van der Waals surface area contributed by atoms with Crippen molar-refractivity contribution in [2.75, 3.05) is 13.1 Å². The summed E-state index contributed by atoms with van der Waals surface area (Å²) in [6.45, 7) is 5.43. The average Bonchev–Trinajstić information content (AvgIpc) is 3.22. The minimum Gasteiger partial charge on any atom is -0.350 e. The summed E-state index contributed by atoms with van der Waals surface area (Å²) < 4.78 is 5.39. The van der Waals surface area contributed by atoms with Gasteiger partial charge >= 0.3 is 0 Å². The largest absolute Gasteiger partial charge is 0.350 e. The van der Waals surface area contributed by atoms with Crippen molar-refractivity contribution < 1.29 is 9.32 Å². The topological polar surface area (TPSA) is 80.0 Å². The summed E-state index contributed by atoms with van der Waals surface area (Å²) in [5.74, 6) is 1.02. The second-order valence-corrected chi connectivity index (χ2v) is 7.32. The van der Waals surface area contributed by atoms with Crippen molar-refractivity contribution in [1.82, 2.24) is 20.8 Å². The smallest absolute Gasteiger partial charge is 0.258 e. The molecular formula is C22H24N4O2. The fourth-order valence-corrected chi connectivity index (χ4v) is 3.51. The van der Waals surface area contributed by atoms with E-state index in [9.17, 15) is 4.79 Å². The van der Waals surface area contributed by atoms with Gasteiger partial charge in [-0.15, -0.1) is 0 Å². The Morgan fingerprint density at radius 3 is 2.82 bits per heavy atom. The quantitative estimate of drug-likeness (QED) is 0.713. The van der Waals surface area contributed by atoms with Crippen LogP contribution in [0, 0.1) is 0 Å². The van der Waals surface area contributed by atoms with Gasteiger partial charge in [-0.3, -0.25) is 4.79 Å². The number of rotatable bonds is 5. The summed E-state index contributed by atoms with van der Waals surface area (Å²) in [5.41, 5.74) is 3.77. The number of nitrogens with one attached hydrogen (secondary N) is 2. The van der Waals surface area contributed by atoms with Crippen LogP contribution in [0.2, 0.25) is 0 Å². The Hall–Kier alpha value is -2.99. The molecule has 0 saturated heterocycles. The van der Waals surface area contributed by atoms with Gasteiger partial charge in [0.05, 0.1) is 11.1 Å². The van der Waals surface area contributed by atoms with Crippen molar-refractivity contribution >= 4 is 5.91 Å². The third-order valence-electron chi connectivity index (χ3n) is 5.04. The molecule has 2 heterocycles. The minimum atomic E-state index is -0.148. The summed E-state index contributed by atoms with van der Waals surface area (Å²) >= 11 is 0. The minimum absolute atomic E-state index is 0.108. The van der Waals surface area contributed by atoms with Crippen molar-refractivity contribution in [3.63, 3.8) is 0 Å². The molecule has 6 heteroatoms. The van der Waals surface area contributed by atoms with Crippen LogP contribution in [0.3, 0.4) is 0 Å². The lowest BCUT2D eigenvalue weighted by atomic mass is 9.94. The predicted octanol–water partition coefficient (Wildman–Crippen LogP) is 3.48. The maximum absolute atomic E-state index is 12.9.